The largest absolute Gasteiger partial charge is 0.368 e. The van der Waals surface area contributed by atoms with Crippen LogP contribution in [0.25, 0.3) is 0 Å². The number of hydrogen-bond donors (Lipinski definition) is 2. The fourth-order valence-corrected chi connectivity index (χ4v) is 3.04. The third-order valence-corrected chi connectivity index (χ3v) is 4.37. The zero-order valence-corrected chi connectivity index (χ0v) is 15.3. The highest BCUT2D eigenvalue weighted by atomic mass is 19.1. The number of nitrogens with zero attached hydrogens (tertiary/aromatic N) is 3. The topological polar surface area (TPSA) is 70.2 Å². The van der Waals surface area contributed by atoms with E-state index in [2.05, 4.69) is 25.5 Å². The molecule has 144 valence electrons. The quantitative estimate of drug-likeness (QED) is 0.728. The summed E-state index contributed by atoms with van der Waals surface area (Å²) in [6, 6.07) is 5.11. The highest BCUT2D eigenvalue weighted by Gasteiger charge is 2.15. The van der Waals surface area contributed by atoms with Crippen molar-refractivity contribution < 1.29 is 13.6 Å². The number of aromatic nitrogens is 2. The predicted octanol–water partition coefficient (Wildman–Crippen LogP) is 2.43. The molecule has 0 aliphatic carbocycles. The minimum absolute atomic E-state index is 0.127. The standard InChI is InChI=1S/C19H23F2N5O/c1-13-24-17(12-18(25-13)26-8-2-3-9-26)22-6-7-23-19(27)10-14-4-5-15(20)11-16(14)21/h4-5,11-12H,2-3,6-10H2,1H3,(H,23,27)(H,22,24,25). The van der Waals surface area contributed by atoms with Crippen molar-refractivity contribution in [1.82, 2.24) is 15.3 Å². The summed E-state index contributed by atoms with van der Waals surface area (Å²) in [5.41, 5.74) is 0.170. The second-order valence-electron chi connectivity index (χ2n) is 6.54. The Balaban J connectivity index is 1.46. The van der Waals surface area contributed by atoms with Crippen molar-refractivity contribution in [2.45, 2.75) is 26.2 Å². The second kappa shape index (κ2) is 8.75. The molecule has 1 aliphatic rings. The van der Waals surface area contributed by atoms with E-state index in [0.29, 0.717) is 24.7 Å². The predicted molar refractivity (Wildman–Crippen MR) is 99.8 cm³/mol. The van der Waals surface area contributed by atoms with Crippen LogP contribution in [0.4, 0.5) is 20.4 Å². The molecule has 27 heavy (non-hydrogen) atoms. The summed E-state index contributed by atoms with van der Waals surface area (Å²) in [4.78, 5) is 23.0. The number of anilines is 2. The lowest BCUT2D eigenvalue weighted by Gasteiger charge is -2.17. The van der Waals surface area contributed by atoms with Gasteiger partial charge in [-0.15, -0.1) is 0 Å². The van der Waals surface area contributed by atoms with Crippen molar-refractivity contribution >= 4 is 17.5 Å². The van der Waals surface area contributed by atoms with E-state index in [1.165, 1.54) is 18.9 Å². The number of amides is 1. The van der Waals surface area contributed by atoms with E-state index in [-0.39, 0.29) is 17.9 Å². The number of halogens is 2. The molecule has 3 rings (SSSR count). The van der Waals surface area contributed by atoms with Gasteiger partial charge in [-0.1, -0.05) is 6.07 Å². The van der Waals surface area contributed by atoms with Crippen molar-refractivity contribution in [3.63, 3.8) is 0 Å². The van der Waals surface area contributed by atoms with Crippen LogP contribution in [0.15, 0.2) is 24.3 Å². The van der Waals surface area contributed by atoms with Gasteiger partial charge in [0.25, 0.3) is 0 Å². The Morgan fingerprint density at radius 2 is 1.93 bits per heavy atom. The lowest BCUT2D eigenvalue weighted by atomic mass is 10.1. The van der Waals surface area contributed by atoms with Crippen molar-refractivity contribution in [2.75, 3.05) is 36.4 Å². The molecule has 2 aromatic rings. The Morgan fingerprint density at radius 1 is 1.15 bits per heavy atom. The van der Waals surface area contributed by atoms with E-state index >= 15 is 0 Å². The maximum absolute atomic E-state index is 13.6. The van der Waals surface area contributed by atoms with Gasteiger partial charge in [0.2, 0.25) is 5.91 Å². The van der Waals surface area contributed by atoms with Gasteiger partial charge in [-0.3, -0.25) is 4.79 Å². The molecule has 1 saturated heterocycles. The fourth-order valence-electron chi connectivity index (χ4n) is 3.04. The summed E-state index contributed by atoms with van der Waals surface area (Å²) in [6.45, 7) is 4.71. The van der Waals surface area contributed by atoms with Crippen LogP contribution in [0.2, 0.25) is 0 Å². The molecule has 1 aliphatic heterocycles. The molecular formula is C19H23F2N5O. The first kappa shape index (κ1) is 19.0. The van der Waals surface area contributed by atoms with Crippen molar-refractivity contribution in [1.29, 1.82) is 0 Å². The third-order valence-electron chi connectivity index (χ3n) is 4.37. The van der Waals surface area contributed by atoms with E-state index in [1.807, 2.05) is 13.0 Å². The van der Waals surface area contributed by atoms with E-state index in [4.69, 9.17) is 0 Å². The molecule has 1 amide bonds. The molecule has 0 saturated carbocycles. The Kier molecular flexibility index (Phi) is 6.16. The maximum atomic E-state index is 13.6. The van der Waals surface area contributed by atoms with Crippen LogP contribution in [-0.2, 0) is 11.2 Å². The lowest BCUT2D eigenvalue weighted by molar-refractivity contribution is -0.120. The van der Waals surface area contributed by atoms with Crippen LogP contribution in [0.5, 0.6) is 0 Å². The van der Waals surface area contributed by atoms with Gasteiger partial charge in [0.05, 0.1) is 6.42 Å². The number of benzene rings is 1. The molecule has 0 radical (unpaired) electrons. The van der Waals surface area contributed by atoms with Gasteiger partial charge in [-0.25, -0.2) is 18.7 Å². The summed E-state index contributed by atoms with van der Waals surface area (Å²) < 4.78 is 26.5. The van der Waals surface area contributed by atoms with Gasteiger partial charge in [0.15, 0.2) is 0 Å². The Bertz CT molecular complexity index is 809. The number of hydrogen-bond acceptors (Lipinski definition) is 5. The minimum Gasteiger partial charge on any atom is -0.368 e. The summed E-state index contributed by atoms with van der Waals surface area (Å²) in [5.74, 6) is 0.627. The van der Waals surface area contributed by atoms with Gasteiger partial charge >= 0.3 is 0 Å². The Labute approximate surface area is 157 Å². The molecule has 2 heterocycles. The van der Waals surface area contributed by atoms with E-state index < -0.39 is 11.6 Å². The van der Waals surface area contributed by atoms with Crippen LogP contribution in [0.1, 0.15) is 24.2 Å². The van der Waals surface area contributed by atoms with E-state index in [1.54, 1.807) is 0 Å². The average Bonchev–Trinajstić information content (AvgIpc) is 3.15. The molecule has 0 spiro atoms. The molecule has 6 nitrogen and oxygen atoms in total. The lowest BCUT2D eigenvalue weighted by Crippen LogP contribution is -2.30. The first-order chi connectivity index (χ1) is 13.0. The normalized spacial score (nSPS) is 13.7. The van der Waals surface area contributed by atoms with E-state index in [9.17, 15) is 13.6 Å². The molecule has 0 unspecified atom stereocenters. The van der Waals surface area contributed by atoms with Crippen LogP contribution in [-0.4, -0.2) is 42.1 Å². The number of carbonyl (C=O) groups is 1. The summed E-state index contributed by atoms with van der Waals surface area (Å²) in [7, 11) is 0. The average molecular weight is 375 g/mol. The molecule has 1 aromatic carbocycles. The molecular weight excluding hydrogens is 352 g/mol. The molecule has 1 aromatic heterocycles. The highest BCUT2D eigenvalue weighted by Crippen LogP contribution is 2.20. The van der Waals surface area contributed by atoms with Crippen LogP contribution in [0, 0.1) is 18.6 Å². The molecule has 0 atom stereocenters. The minimum atomic E-state index is -0.714. The Hall–Kier alpha value is -2.77. The number of nitrogens with one attached hydrogen (secondary N) is 2. The summed E-state index contributed by atoms with van der Waals surface area (Å²) in [5, 5.41) is 5.88. The zero-order chi connectivity index (χ0) is 19.2. The highest BCUT2D eigenvalue weighted by molar-refractivity contribution is 5.78. The first-order valence-electron chi connectivity index (χ1n) is 9.06. The monoisotopic (exact) mass is 375 g/mol. The van der Waals surface area contributed by atoms with Gasteiger partial charge in [-0.2, -0.15) is 0 Å². The van der Waals surface area contributed by atoms with E-state index in [0.717, 1.165) is 31.0 Å². The maximum Gasteiger partial charge on any atom is 0.224 e. The van der Waals surface area contributed by atoms with Gasteiger partial charge < -0.3 is 15.5 Å². The molecule has 1 fully saturated rings. The third kappa shape index (κ3) is 5.35. The van der Waals surface area contributed by atoms with Crippen LogP contribution >= 0.6 is 0 Å². The van der Waals surface area contributed by atoms with Crippen molar-refractivity contribution in [2.24, 2.45) is 0 Å². The summed E-state index contributed by atoms with van der Waals surface area (Å²) >= 11 is 0. The fraction of sp³-hybridized carbons (Fsp3) is 0.421. The number of rotatable bonds is 7. The zero-order valence-electron chi connectivity index (χ0n) is 15.3. The molecule has 0 bridgehead atoms. The smallest absolute Gasteiger partial charge is 0.224 e. The first-order valence-corrected chi connectivity index (χ1v) is 9.06. The van der Waals surface area contributed by atoms with Gasteiger partial charge in [-0.05, 0) is 31.4 Å². The van der Waals surface area contributed by atoms with Crippen molar-refractivity contribution in [3.05, 3.63) is 47.3 Å². The van der Waals surface area contributed by atoms with Crippen molar-refractivity contribution in [3.8, 4) is 0 Å². The van der Waals surface area contributed by atoms with Gasteiger partial charge in [0.1, 0.15) is 29.1 Å². The summed E-state index contributed by atoms with van der Waals surface area (Å²) in [6.07, 6.45) is 2.22. The molecule has 2 N–H and O–H groups in total. The second-order valence-corrected chi connectivity index (χ2v) is 6.54. The Morgan fingerprint density at radius 3 is 2.67 bits per heavy atom. The number of carbonyl (C=O) groups excluding carboxylic acids is 1. The van der Waals surface area contributed by atoms with Gasteiger partial charge in [0, 0.05) is 38.3 Å². The SMILES string of the molecule is Cc1nc(NCCNC(=O)Cc2ccc(F)cc2F)cc(N2CCCC2)n1. The number of aryl methyl sites for hydroxylation is 1. The molecule has 8 heteroatoms. The van der Waals surface area contributed by atoms with Crippen LogP contribution in [0.3, 0.4) is 0 Å². The van der Waals surface area contributed by atoms with Crippen LogP contribution < -0.4 is 15.5 Å².